The zero-order valence-corrected chi connectivity index (χ0v) is 7.60. The van der Waals surface area contributed by atoms with Crippen molar-refractivity contribution in [3.05, 3.63) is 15.6 Å². The Morgan fingerprint density at radius 1 is 0.923 bits per heavy atom. The maximum atomic E-state index is 10.4. The number of phenolic OH excluding ortho intramolecular Hbond substituents is 3. The molecule has 0 aromatic heterocycles. The second kappa shape index (κ2) is 3.32. The van der Waals surface area contributed by atoms with Gasteiger partial charge in [0.1, 0.15) is 0 Å². The van der Waals surface area contributed by atoms with E-state index in [0.29, 0.717) is 0 Å². The van der Waals surface area contributed by atoms with Gasteiger partial charge >= 0.3 is 0 Å². The van der Waals surface area contributed by atoms with E-state index in [4.69, 9.17) is 38.5 Å². The molecular formula is C7H4Cl2O4. The molecule has 1 rings (SSSR count). The lowest BCUT2D eigenvalue weighted by molar-refractivity contribution is 0.112. The van der Waals surface area contributed by atoms with E-state index < -0.39 is 27.3 Å². The van der Waals surface area contributed by atoms with Crippen LogP contribution in [-0.2, 0) is 0 Å². The standard InChI is InChI=1S/C7H4Cl2O4/c8-3-2(1-10)4(9)6(12)7(13)5(3)11/h1,11-13H. The summed E-state index contributed by atoms with van der Waals surface area (Å²) in [6.07, 6.45) is 0.267. The molecule has 0 spiro atoms. The monoisotopic (exact) mass is 222 g/mol. The molecule has 4 nitrogen and oxygen atoms in total. The summed E-state index contributed by atoms with van der Waals surface area (Å²) in [7, 11) is 0. The fourth-order valence-corrected chi connectivity index (χ4v) is 1.28. The number of carbonyl (C=O) groups is 1. The highest BCUT2D eigenvalue weighted by atomic mass is 35.5. The largest absolute Gasteiger partial charge is 0.503 e. The van der Waals surface area contributed by atoms with Crippen LogP contribution < -0.4 is 0 Å². The summed E-state index contributed by atoms with van der Waals surface area (Å²) in [5.74, 6) is -2.39. The lowest BCUT2D eigenvalue weighted by atomic mass is 10.2. The molecule has 0 bridgehead atoms. The molecule has 3 N–H and O–H groups in total. The summed E-state index contributed by atoms with van der Waals surface area (Å²) >= 11 is 10.9. The van der Waals surface area contributed by atoms with Gasteiger partial charge in [-0.05, 0) is 0 Å². The second-order valence-corrected chi connectivity index (χ2v) is 2.96. The predicted molar refractivity (Wildman–Crippen MR) is 46.8 cm³/mol. The van der Waals surface area contributed by atoms with Crippen LogP contribution in [0.3, 0.4) is 0 Å². The van der Waals surface area contributed by atoms with E-state index in [1.807, 2.05) is 0 Å². The van der Waals surface area contributed by atoms with E-state index in [2.05, 4.69) is 0 Å². The smallest absolute Gasteiger partial charge is 0.203 e. The zero-order valence-electron chi connectivity index (χ0n) is 6.08. The van der Waals surface area contributed by atoms with Gasteiger partial charge in [0.25, 0.3) is 0 Å². The fourth-order valence-electron chi connectivity index (χ4n) is 0.775. The Hall–Kier alpha value is -1.13. The summed E-state index contributed by atoms with van der Waals surface area (Å²) in [5, 5.41) is 26.3. The minimum Gasteiger partial charge on any atom is -0.503 e. The normalized spacial score (nSPS) is 10.0. The van der Waals surface area contributed by atoms with E-state index in [1.165, 1.54) is 0 Å². The second-order valence-electron chi connectivity index (χ2n) is 2.21. The van der Waals surface area contributed by atoms with E-state index in [1.54, 1.807) is 0 Å². The van der Waals surface area contributed by atoms with Crippen molar-refractivity contribution in [2.45, 2.75) is 0 Å². The van der Waals surface area contributed by atoms with Crippen LogP contribution >= 0.6 is 23.2 Å². The number of aldehydes is 1. The molecule has 0 atom stereocenters. The molecule has 0 fully saturated rings. The van der Waals surface area contributed by atoms with Gasteiger partial charge in [-0.25, -0.2) is 0 Å². The molecule has 0 saturated carbocycles. The maximum Gasteiger partial charge on any atom is 0.203 e. The van der Waals surface area contributed by atoms with E-state index in [9.17, 15) is 4.79 Å². The molecule has 1 aromatic rings. The summed E-state index contributed by atoms with van der Waals surface area (Å²) in [4.78, 5) is 10.4. The molecule has 0 aliphatic carbocycles. The number of hydrogen-bond donors (Lipinski definition) is 3. The molecular weight excluding hydrogens is 219 g/mol. The van der Waals surface area contributed by atoms with Crippen molar-refractivity contribution in [3.8, 4) is 17.2 Å². The van der Waals surface area contributed by atoms with Gasteiger partial charge < -0.3 is 15.3 Å². The Kier molecular flexibility index (Phi) is 2.54. The average molecular weight is 223 g/mol. The van der Waals surface area contributed by atoms with Crippen molar-refractivity contribution in [2.24, 2.45) is 0 Å². The molecule has 0 saturated heterocycles. The van der Waals surface area contributed by atoms with Gasteiger partial charge in [-0.3, -0.25) is 4.79 Å². The summed E-state index contributed by atoms with van der Waals surface area (Å²) in [5.41, 5.74) is -0.267. The van der Waals surface area contributed by atoms with E-state index >= 15 is 0 Å². The van der Waals surface area contributed by atoms with Crippen LogP contribution in [0.1, 0.15) is 10.4 Å². The van der Waals surface area contributed by atoms with Crippen LogP contribution in [-0.4, -0.2) is 21.6 Å². The highest BCUT2D eigenvalue weighted by Gasteiger charge is 2.20. The third-order valence-corrected chi connectivity index (χ3v) is 2.22. The van der Waals surface area contributed by atoms with Crippen molar-refractivity contribution in [3.63, 3.8) is 0 Å². The summed E-state index contributed by atoms with van der Waals surface area (Å²) in [6.45, 7) is 0. The van der Waals surface area contributed by atoms with E-state index in [0.717, 1.165) is 0 Å². The third kappa shape index (κ3) is 1.38. The van der Waals surface area contributed by atoms with Gasteiger partial charge in [0.2, 0.25) is 5.75 Å². The number of rotatable bonds is 1. The van der Waals surface area contributed by atoms with Crippen molar-refractivity contribution in [1.29, 1.82) is 0 Å². The Morgan fingerprint density at radius 3 is 1.62 bits per heavy atom. The van der Waals surface area contributed by atoms with E-state index in [-0.39, 0.29) is 11.8 Å². The molecule has 0 heterocycles. The number of hydrogen-bond acceptors (Lipinski definition) is 4. The fraction of sp³-hybridized carbons (Fsp3) is 0. The minimum atomic E-state index is -0.847. The number of phenols is 3. The lowest BCUT2D eigenvalue weighted by Gasteiger charge is -2.07. The molecule has 0 radical (unpaired) electrons. The van der Waals surface area contributed by atoms with Gasteiger partial charge in [0.05, 0.1) is 15.6 Å². The first-order valence-corrected chi connectivity index (χ1v) is 3.83. The molecule has 0 amide bonds. The van der Waals surface area contributed by atoms with Gasteiger partial charge in [-0.15, -0.1) is 0 Å². The maximum absolute atomic E-state index is 10.4. The van der Waals surface area contributed by atoms with Crippen LogP contribution in [0.25, 0.3) is 0 Å². The highest BCUT2D eigenvalue weighted by Crippen LogP contribution is 2.47. The first kappa shape index (κ1) is 9.95. The van der Waals surface area contributed by atoms with Crippen LogP contribution in [0.2, 0.25) is 10.0 Å². The van der Waals surface area contributed by atoms with Crippen molar-refractivity contribution < 1.29 is 20.1 Å². The SMILES string of the molecule is O=Cc1c(Cl)c(O)c(O)c(O)c1Cl. The third-order valence-electron chi connectivity index (χ3n) is 1.46. The highest BCUT2D eigenvalue weighted by molar-refractivity contribution is 6.40. The number of carbonyl (C=O) groups excluding carboxylic acids is 1. The number of halogens is 2. The predicted octanol–water partition coefficient (Wildman–Crippen LogP) is 1.92. The quantitative estimate of drug-likeness (QED) is 0.502. The number of benzene rings is 1. The Morgan fingerprint density at radius 2 is 1.31 bits per heavy atom. The summed E-state index contributed by atoms with van der Waals surface area (Å²) in [6, 6.07) is 0. The van der Waals surface area contributed by atoms with Gasteiger partial charge in [-0.1, -0.05) is 23.2 Å². The molecule has 0 unspecified atom stereocenters. The van der Waals surface area contributed by atoms with Gasteiger partial charge in [0.15, 0.2) is 17.8 Å². The average Bonchev–Trinajstić information content (AvgIpc) is 2.13. The Balaban J connectivity index is 3.66. The van der Waals surface area contributed by atoms with Crippen LogP contribution in [0.15, 0.2) is 0 Å². The Bertz CT molecular complexity index is 346. The molecule has 0 aliphatic heterocycles. The number of aromatic hydroxyl groups is 3. The minimum absolute atomic E-state index is 0.267. The molecule has 70 valence electrons. The molecule has 0 aliphatic rings. The summed E-state index contributed by atoms with van der Waals surface area (Å²) < 4.78 is 0. The van der Waals surface area contributed by atoms with Crippen LogP contribution in [0, 0.1) is 0 Å². The van der Waals surface area contributed by atoms with Crippen molar-refractivity contribution in [2.75, 3.05) is 0 Å². The van der Waals surface area contributed by atoms with Gasteiger partial charge in [0, 0.05) is 0 Å². The van der Waals surface area contributed by atoms with Gasteiger partial charge in [-0.2, -0.15) is 0 Å². The van der Waals surface area contributed by atoms with Crippen LogP contribution in [0.5, 0.6) is 17.2 Å². The van der Waals surface area contributed by atoms with Crippen LogP contribution in [0.4, 0.5) is 0 Å². The first-order valence-electron chi connectivity index (χ1n) is 3.07. The first-order chi connectivity index (χ1) is 6.00. The molecule has 13 heavy (non-hydrogen) atoms. The molecule has 1 aromatic carbocycles. The zero-order chi connectivity index (χ0) is 10.2. The van der Waals surface area contributed by atoms with Crippen molar-refractivity contribution >= 4 is 29.5 Å². The Labute approximate surface area is 82.9 Å². The topological polar surface area (TPSA) is 77.8 Å². The van der Waals surface area contributed by atoms with Crippen molar-refractivity contribution in [1.82, 2.24) is 0 Å². The lowest BCUT2D eigenvalue weighted by Crippen LogP contribution is -1.86. The molecule has 6 heteroatoms.